The molecule has 204 valence electrons. The third-order valence-electron chi connectivity index (χ3n) is 10.1. The first-order valence-corrected chi connectivity index (χ1v) is 14.6. The summed E-state index contributed by atoms with van der Waals surface area (Å²) >= 11 is 0. The number of carboxylic acid groups (broad SMARTS) is 1. The van der Waals surface area contributed by atoms with Crippen molar-refractivity contribution in [3.8, 4) is 0 Å². The molecule has 0 radical (unpaired) electrons. The Hall–Kier alpha value is -1.58. The van der Waals surface area contributed by atoms with Crippen LogP contribution in [0.25, 0.3) is 0 Å². The highest BCUT2D eigenvalue weighted by atomic mass is 16.5. The minimum Gasteiger partial charge on any atom is -0.550 e. The van der Waals surface area contributed by atoms with Crippen molar-refractivity contribution in [2.24, 2.45) is 52.3 Å². The van der Waals surface area contributed by atoms with Crippen molar-refractivity contribution in [2.45, 2.75) is 106 Å². The number of carbonyl (C=O) groups is 2. The minimum atomic E-state index is -0.902. The van der Waals surface area contributed by atoms with Gasteiger partial charge in [0.15, 0.2) is 0 Å². The van der Waals surface area contributed by atoms with Crippen LogP contribution in [0.4, 0.5) is 0 Å². The van der Waals surface area contributed by atoms with Crippen LogP contribution in [0.5, 0.6) is 0 Å². The van der Waals surface area contributed by atoms with Crippen LogP contribution in [0.3, 0.4) is 0 Å². The second-order valence-electron chi connectivity index (χ2n) is 13.7. The fourth-order valence-electron chi connectivity index (χ4n) is 7.92. The van der Waals surface area contributed by atoms with E-state index in [2.05, 4.69) is 45.9 Å². The van der Waals surface area contributed by atoms with Gasteiger partial charge in [-0.3, -0.25) is 4.79 Å². The average Bonchev–Trinajstić information content (AvgIpc) is 2.80. The molecule has 0 amide bonds. The molecule has 1 saturated carbocycles. The highest BCUT2D eigenvalue weighted by molar-refractivity contribution is 5.71. The third-order valence-corrected chi connectivity index (χ3v) is 10.1. The molecule has 4 nitrogen and oxygen atoms in total. The summed E-state index contributed by atoms with van der Waals surface area (Å²) in [5.41, 5.74) is 1.02. The molecule has 0 N–H and O–H groups in total. The Bertz CT molecular complexity index is 839. The molecule has 3 aliphatic rings. The van der Waals surface area contributed by atoms with Crippen LogP contribution in [-0.4, -0.2) is 19.0 Å². The molecular formula is C32H51O4-. The van der Waals surface area contributed by atoms with E-state index in [4.69, 9.17) is 4.74 Å². The lowest BCUT2D eigenvalue weighted by Crippen LogP contribution is -2.43. The van der Waals surface area contributed by atoms with Crippen molar-refractivity contribution in [1.29, 1.82) is 0 Å². The normalized spacial score (nSPS) is 35.3. The Balaban J connectivity index is 1.63. The number of carbonyl (C=O) groups excluding carboxylic acids is 2. The molecule has 0 heterocycles. The van der Waals surface area contributed by atoms with Crippen molar-refractivity contribution in [3.63, 3.8) is 0 Å². The maximum Gasteiger partial charge on any atom is 0.305 e. The summed E-state index contributed by atoms with van der Waals surface area (Å²) in [5, 5.41) is 11.9. The predicted molar refractivity (Wildman–Crippen MR) is 144 cm³/mol. The summed E-state index contributed by atoms with van der Waals surface area (Å²) in [5.74, 6) is 2.64. The number of allylic oxidation sites excluding steroid dienone is 4. The number of methoxy groups -OCH3 is 1. The van der Waals surface area contributed by atoms with Crippen LogP contribution in [0, 0.1) is 52.3 Å². The smallest absolute Gasteiger partial charge is 0.305 e. The fourth-order valence-corrected chi connectivity index (χ4v) is 7.92. The van der Waals surface area contributed by atoms with Crippen molar-refractivity contribution in [3.05, 3.63) is 23.8 Å². The van der Waals surface area contributed by atoms with Crippen LogP contribution in [0.15, 0.2) is 23.8 Å². The molecule has 0 aromatic rings. The molecule has 0 aromatic heterocycles. The Morgan fingerprint density at radius 3 is 2.44 bits per heavy atom. The van der Waals surface area contributed by atoms with Crippen molar-refractivity contribution in [2.75, 3.05) is 7.11 Å². The molecule has 36 heavy (non-hydrogen) atoms. The number of aliphatic carboxylic acids is 1. The molecule has 8 atom stereocenters. The number of fused-ring (bicyclic) bond motifs is 1. The topological polar surface area (TPSA) is 66.4 Å². The second-order valence-corrected chi connectivity index (χ2v) is 13.7. The maximum absolute atomic E-state index is 11.9. The van der Waals surface area contributed by atoms with Crippen LogP contribution in [0.2, 0.25) is 0 Å². The van der Waals surface area contributed by atoms with Gasteiger partial charge in [-0.1, -0.05) is 72.6 Å². The van der Waals surface area contributed by atoms with Crippen LogP contribution in [0.1, 0.15) is 106 Å². The molecule has 0 spiro atoms. The number of rotatable bonds is 10. The highest BCUT2D eigenvalue weighted by Gasteiger charge is 2.40. The van der Waals surface area contributed by atoms with Crippen molar-refractivity contribution < 1.29 is 19.4 Å². The van der Waals surface area contributed by atoms with Gasteiger partial charge in [0.25, 0.3) is 0 Å². The molecule has 0 aromatic carbocycles. The minimum absolute atomic E-state index is 0.0717. The van der Waals surface area contributed by atoms with E-state index in [1.54, 1.807) is 0 Å². The van der Waals surface area contributed by atoms with Gasteiger partial charge in [-0.2, -0.15) is 0 Å². The summed E-state index contributed by atoms with van der Waals surface area (Å²) in [6.45, 7) is 13.2. The number of esters is 1. The Labute approximate surface area is 220 Å². The molecule has 0 saturated heterocycles. The Morgan fingerprint density at radius 2 is 1.81 bits per heavy atom. The van der Waals surface area contributed by atoms with E-state index in [9.17, 15) is 14.7 Å². The van der Waals surface area contributed by atoms with Gasteiger partial charge in [0, 0.05) is 17.8 Å². The van der Waals surface area contributed by atoms with E-state index in [1.807, 2.05) is 13.8 Å². The summed E-state index contributed by atoms with van der Waals surface area (Å²) in [6, 6.07) is 0. The van der Waals surface area contributed by atoms with E-state index in [1.165, 1.54) is 38.4 Å². The van der Waals surface area contributed by atoms with Gasteiger partial charge in [-0.05, 0) is 97.4 Å². The summed E-state index contributed by atoms with van der Waals surface area (Å²) in [4.78, 5) is 23.8. The zero-order valence-corrected chi connectivity index (χ0v) is 24.0. The molecule has 0 bridgehead atoms. The third kappa shape index (κ3) is 7.04. The van der Waals surface area contributed by atoms with Crippen LogP contribution in [-0.2, 0) is 14.3 Å². The lowest BCUT2D eigenvalue weighted by atomic mass is 9.61. The molecule has 3 rings (SSSR count). The summed E-state index contributed by atoms with van der Waals surface area (Å²) in [6.07, 6.45) is 17.3. The van der Waals surface area contributed by atoms with Crippen molar-refractivity contribution in [1.82, 2.24) is 0 Å². The number of carboxylic acids is 1. The largest absolute Gasteiger partial charge is 0.550 e. The number of hydrogen-bond acceptors (Lipinski definition) is 4. The first-order chi connectivity index (χ1) is 16.9. The lowest BCUT2D eigenvalue weighted by Gasteiger charge is -2.44. The van der Waals surface area contributed by atoms with E-state index < -0.39 is 11.4 Å². The molecule has 1 fully saturated rings. The van der Waals surface area contributed by atoms with E-state index in [0.717, 1.165) is 19.3 Å². The summed E-state index contributed by atoms with van der Waals surface area (Å²) in [7, 11) is 1.49. The Kier molecular flexibility index (Phi) is 9.55. The number of hydrogen-bond donors (Lipinski definition) is 0. The van der Waals surface area contributed by atoms with Gasteiger partial charge < -0.3 is 14.6 Å². The standard InChI is InChI=1S/C32H52O4/c1-8-32(6,30(34)35)20-26-17-28-25(14-22(26)3)13-12-21(2)27(28)11-9-10-23-15-24(16-29(33)36-7)19-31(4,5)18-23/h12-14,21-24,26-28H,8-11,15-20H2,1-7H3,(H,34,35)/p-1/t21-,22-,23+,24+,26?,27-,28?,32?/m0/s1. The van der Waals surface area contributed by atoms with E-state index in [-0.39, 0.29) is 11.4 Å². The van der Waals surface area contributed by atoms with E-state index >= 15 is 0 Å². The monoisotopic (exact) mass is 499 g/mol. The zero-order valence-electron chi connectivity index (χ0n) is 24.0. The molecule has 4 heteroatoms. The van der Waals surface area contributed by atoms with Crippen molar-refractivity contribution >= 4 is 11.9 Å². The molecule has 3 aliphatic carbocycles. The SMILES string of the molecule is CCC(C)(CC1CC2C(=C[C@@H]1C)C=C[C@H](C)[C@@H]2CCC[C@@H]1C[C@H](CC(=O)OC)CC(C)(C)C1)C(=O)[O-]. The lowest BCUT2D eigenvalue weighted by molar-refractivity contribution is -0.319. The van der Waals surface area contributed by atoms with Gasteiger partial charge in [0.2, 0.25) is 0 Å². The van der Waals surface area contributed by atoms with Crippen LogP contribution < -0.4 is 5.11 Å². The van der Waals surface area contributed by atoms with Gasteiger partial charge in [-0.15, -0.1) is 0 Å². The predicted octanol–water partition coefficient (Wildman–Crippen LogP) is 6.74. The second kappa shape index (κ2) is 11.9. The quantitative estimate of drug-likeness (QED) is 0.312. The van der Waals surface area contributed by atoms with Gasteiger partial charge in [-0.25, -0.2) is 0 Å². The Morgan fingerprint density at radius 1 is 1.11 bits per heavy atom. The maximum atomic E-state index is 11.9. The summed E-state index contributed by atoms with van der Waals surface area (Å²) < 4.78 is 4.96. The molecular weight excluding hydrogens is 448 g/mol. The number of ether oxygens (including phenoxy) is 1. The van der Waals surface area contributed by atoms with E-state index in [0.29, 0.717) is 60.7 Å². The molecule has 3 unspecified atom stereocenters. The fraction of sp³-hybridized carbons (Fsp3) is 0.812. The highest BCUT2D eigenvalue weighted by Crippen LogP contribution is 2.49. The van der Waals surface area contributed by atoms with Gasteiger partial charge in [0.1, 0.15) is 0 Å². The van der Waals surface area contributed by atoms with Crippen LogP contribution >= 0.6 is 0 Å². The van der Waals surface area contributed by atoms with Gasteiger partial charge >= 0.3 is 5.97 Å². The first kappa shape index (κ1) is 29.0. The first-order valence-electron chi connectivity index (χ1n) is 14.6. The molecule has 0 aliphatic heterocycles. The zero-order chi connectivity index (χ0) is 26.7. The average molecular weight is 500 g/mol. The van der Waals surface area contributed by atoms with Gasteiger partial charge in [0.05, 0.1) is 7.11 Å².